The first-order valence-electron chi connectivity index (χ1n) is 6.25. The molecule has 0 saturated heterocycles. The summed E-state index contributed by atoms with van der Waals surface area (Å²) >= 11 is 2.49. The first-order valence-corrected chi connectivity index (χ1v) is 8.01. The number of nitrogens with zero attached hydrogens (tertiary/aromatic N) is 3. The number of guanidine groups is 1. The van der Waals surface area contributed by atoms with E-state index < -0.39 is 11.9 Å². The summed E-state index contributed by atoms with van der Waals surface area (Å²) in [5.41, 5.74) is 0.0859. The molecule has 0 aliphatic carbocycles. The SMILES string of the molecule is CN=C(NCc1nc(C)cs1)NCc1nc(C(F)(F)F)cs1. The van der Waals surface area contributed by atoms with Crippen LogP contribution < -0.4 is 10.6 Å². The van der Waals surface area contributed by atoms with Crippen molar-refractivity contribution in [3.8, 4) is 0 Å². The molecule has 2 aromatic heterocycles. The minimum Gasteiger partial charge on any atom is -0.350 e. The minimum absolute atomic E-state index is 0.178. The van der Waals surface area contributed by atoms with Crippen LogP contribution in [0.4, 0.5) is 13.2 Å². The summed E-state index contributed by atoms with van der Waals surface area (Å²) in [4.78, 5) is 11.9. The van der Waals surface area contributed by atoms with Crippen LogP contribution in [-0.4, -0.2) is 23.0 Å². The van der Waals surface area contributed by atoms with Gasteiger partial charge in [-0.25, -0.2) is 9.97 Å². The molecule has 0 spiro atoms. The zero-order valence-corrected chi connectivity index (χ0v) is 13.5. The van der Waals surface area contributed by atoms with E-state index in [2.05, 4.69) is 25.6 Å². The first kappa shape index (κ1) is 16.7. The predicted octanol–water partition coefficient (Wildman–Crippen LogP) is 2.79. The molecule has 0 atom stereocenters. The highest BCUT2D eigenvalue weighted by atomic mass is 32.1. The lowest BCUT2D eigenvalue weighted by Crippen LogP contribution is -2.36. The van der Waals surface area contributed by atoms with Crippen LogP contribution in [-0.2, 0) is 19.3 Å². The molecule has 2 aromatic rings. The highest BCUT2D eigenvalue weighted by Gasteiger charge is 2.33. The third kappa shape index (κ3) is 4.67. The Morgan fingerprint density at radius 3 is 2.18 bits per heavy atom. The molecule has 0 aliphatic heterocycles. The van der Waals surface area contributed by atoms with Gasteiger partial charge in [0.1, 0.15) is 10.0 Å². The summed E-state index contributed by atoms with van der Waals surface area (Å²) in [5, 5.41) is 10.2. The quantitative estimate of drug-likeness (QED) is 0.658. The summed E-state index contributed by atoms with van der Waals surface area (Å²) in [6.45, 7) is 2.59. The van der Waals surface area contributed by atoms with Crippen molar-refractivity contribution < 1.29 is 13.2 Å². The standard InChI is InChI=1S/C12H14F3N5S2/c1-7-5-21-9(19-7)3-17-11(16-2)18-4-10-20-8(6-22-10)12(13,14)15/h5-6H,3-4H2,1-2H3,(H2,16,17,18). The van der Waals surface area contributed by atoms with Crippen molar-refractivity contribution in [2.45, 2.75) is 26.2 Å². The van der Waals surface area contributed by atoms with Crippen molar-refractivity contribution in [2.75, 3.05) is 7.05 Å². The Kier molecular flexibility index (Phi) is 5.35. The monoisotopic (exact) mass is 349 g/mol. The van der Waals surface area contributed by atoms with E-state index >= 15 is 0 Å². The van der Waals surface area contributed by atoms with Gasteiger partial charge in [-0.15, -0.1) is 22.7 Å². The highest BCUT2D eigenvalue weighted by Crippen LogP contribution is 2.29. The van der Waals surface area contributed by atoms with Crippen molar-refractivity contribution in [1.82, 2.24) is 20.6 Å². The van der Waals surface area contributed by atoms with Gasteiger partial charge in [-0.3, -0.25) is 4.99 Å². The molecule has 0 amide bonds. The molecule has 0 saturated carbocycles. The summed E-state index contributed by atoms with van der Waals surface area (Å²) < 4.78 is 37.4. The van der Waals surface area contributed by atoms with Gasteiger partial charge in [-0.2, -0.15) is 13.2 Å². The largest absolute Gasteiger partial charge is 0.434 e. The average molecular weight is 349 g/mol. The van der Waals surface area contributed by atoms with Crippen molar-refractivity contribution >= 4 is 28.6 Å². The number of rotatable bonds is 4. The Balaban J connectivity index is 1.85. The smallest absolute Gasteiger partial charge is 0.350 e. The maximum absolute atomic E-state index is 12.5. The van der Waals surface area contributed by atoms with E-state index in [0.717, 1.165) is 27.4 Å². The van der Waals surface area contributed by atoms with Crippen LogP contribution in [0.1, 0.15) is 21.4 Å². The van der Waals surface area contributed by atoms with E-state index in [1.165, 1.54) is 11.3 Å². The van der Waals surface area contributed by atoms with E-state index in [-0.39, 0.29) is 6.54 Å². The molecule has 0 aliphatic rings. The van der Waals surface area contributed by atoms with Gasteiger partial charge in [0, 0.05) is 23.5 Å². The number of aryl methyl sites for hydroxylation is 1. The maximum Gasteiger partial charge on any atom is 0.434 e. The van der Waals surface area contributed by atoms with Gasteiger partial charge in [-0.05, 0) is 6.92 Å². The van der Waals surface area contributed by atoms with Crippen molar-refractivity contribution in [2.24, 2.45) is 4.99 Å². The lowest BCUT2D eigenvalue weighted by atomic mass is 10.5. The van der Waals surface area contributed by atoms with Gasteiger partial charge in [-0.1, -0.05) is 0 Å². The number of aromatic nitrogens is 2. The Bertz CT molecular complexity index is 647. The Labute approximate surface area is 133 Å². The van der Waals surface area contributed by atoms with Gasteiger partial charge in [0.25, 0.3) is 0 Å². The summed E-state index contributed by atoms with van der Waals surface area (Å²) in [5.74, 6) is 0.483. The summed E-state index contributed by atoms with van der Waals surface area (Å²) in [6, 6.07) is 0. The van der Waals surface area contributed by atoms with Crippen LogP contribution in [0.2, 0.25) is 0 Å². The predicted molar refractivity (Wildman–Crippen MR) is 81.0 cm³/mol. The number of hydrogen-bond donors (Lipinski definition) is 2. The summed E-state index contributed by atoms with van der Waals surface area (Å²) in [6.07, 6.45) is -4.41. The fraction of sp³-hybridized carbons (Fsp3) is 0.417. The van der Waals surface area contributed by atoms with Crippen LogP contribution in [0.15, 0.2) is 15.8 Å². The molecule has 0 unspecified atom stereocenters. The second kappa shape index (κ2) is 7.05. The number of alkyl halides is 3. The van der Waals surface area contributed by atoms with Gasteiger partial charge < -0.3 is 10.6 Å². The third-order valence-electron chi connectivity index (χ3n) is 2.55. The fourth-order valence-electron chi connectivity index (χ4n) is 1.55. The average Bonchev–Trinajstić information content (AvgIpc) is 3.07. The normalized spacial score (nSPS) is 12.5. The Morgan fingerprint density at radius 1 is 1.14 bits per heavy atom. The topological polar surface area (TPSA) is 62.2 Å². The minimum atomic E-state index is -4.41. The number of thiazole rings is 2. The number of aliphatic imine (C=N–C) groups is 1. The Hall–Kier alpha value is -1.68. The van der Waals surface area contributed by atoms with Gasteiger partial charge in [0.05, 0.1) is 13.1 Å². The highest BCUT2D eigenvalue weighted by molar-refractivity contribution is 7.09. The summed E-state index contributed by atoms with van der Waals surface area (Å²) in [7, 11) is 1.59. The van der Waals surface area contributed by atoms with E-state index in [0.29, 0.717) is 17.5 Å². The van der Waals surface area contributed by atoms with Gasteiger partial charge in [0.2, 0.25) is 0 Å². The van der Waals surface area contributed by atoms with Gasteiger partial charge in [0.15, 0.2) is 11.7 Å². The first-order chi connectivity index (χ1) is 10.4. The molecule has 5 nitrogen and oxygen atoms in total. The van der Waals surface area contributed by atoms with Crippen molar-refractivity contribution in [1.29, 1.82) is 0 Å². The molecule has 10 heteroatoms. The fourth-order valence-corrected chi connectivity index (χ4v) is 3.00. The molecule has 2 rings (SSSR count). The van der Waals surface area contributed by atoms with E-state index in [9.17, 15) is 13.2 Å². The molecule has 120 valence electrons. The van der Waals surface area contributed by atoms with Crippen LogP contribution in [0, 0.1) is 6.92 Å². The second-order valence-electron chi connectivity index (χ2n) is 4.29. The number of halogens is 3. The molecular formula is C12H14F3N5S2. The molecule has 0 radical (unpaired) electrons. The van der Waals surface area contributed by atoms with E-state index in [1.807, 2.05) is 12.3 Å². The van der Waals surface area contributed by atoms with Crippen molar-refractivity contribution in [3.63, 3.8) is 0 Å². The van der Waals surface area contributed by atoms with Gasteiger partial charge >= 0.3 is 6.18 Å². The molecule has 22 heavy (non-hydrogen) atoms. The van der Waals surface area contributed by atoms with Crippen LogP contribution >= 0.6 is 22.7 Å². The van der Waals surface area contributed by atoms with Crippen LogP contribution in [0.3, 0.4) is 0 Å². The number of nitrogens with one attached hydrogen (secondary N) is 2. The molecule has 0 bridgehead atoms. The lowest BCUT2D eigenvalue weighted by Gasteiger charge is -2.09. The third-order valence-corrected chi connectivity index (χ3v) is 4.36. The Morgan fingerprint density at radius 2 is 1.73 bits per heavy atom. The second-order valence-corrected chi connectivity index (χ2v) is 6.17. The van der Waals surface area contributed by atoms with Crippen molar-refractivity contribution in [3.05, 3.63) is 32.2 Å². The van der Waals surface area contributed by atoms with E-state index in [4.69, 9.17) is 0 Å². The lowest BCUT2D eigenvalue weighted by molar-refractivity contribution is -0.140. The zero-order valence-electron chi connectivity index (χ0n) is 11.9. The molecule has 2 heterocycles. The van der Waals surface area contributed by atoms with Crippen LogP contribution in [0.25, 0.3) is 0 Å². The molecular weight excluding hydrogens is 335 g/mol. The van der Waals surface area contributed by atoms with Crippen LogP contribution in [0.5, 0.6) is 0 Å². The molecule has 0 aromatic carbocycles. The molecule has 0 fully saturated rings. The molecule has 2 N–H and O–H groups in total. The maximum atomic E-state index is 12.5. The van der Waals surface area contributed by atoms with E-state index in [1.54, 1.807) is 7.05 Å². The zero-order chi connectivity index (χ0) is 16.2. The number of hydrogen-bond acceptors (Lipinski definition) is 5.